The van der Waals surface area contributed by atoms with Gasteiger partial charge in [-0.25, -0.2) is 0 Å². The highest BCUT2D eigenvalue weighted by atomic mass is 35.5. The van der Waals surface area contributed by atoms with Crippen molar-refractivity contribution in [1.29, 1.82) is 0 Å². The van der Waals surface area contributed by atoms with Crippen molar-refractivity contribution in [3.8, 4) is 0 Å². The van der Waals surface area contributed by atoms with E-state index in [1.54, 1.807) is 0 Å². The fourth-order valence-electron chi connectivity index (χ4n) is 4.55. The van der Waals surface area contributed by atoms with Gasteiger partial charge in [0, 0.05) is 24.7 Å². The van der Waals surface area contributed by atoms with E-state index in [2.05, 4.69) is 105 Å². The molecule has 0 saturated carbocycles. The van der Waals surface area contributed by atoms with E-state index in [9.17, 15) is 0 Å². The Hall–Kier alpha value is -2.11. The van der Waals surface area contributed by atoms with Crippen LogP contribution in [0.3, 0.4) is 0 Å². The van der Waals surface area contributed by atoms with Gasteiger partial charge in [-0.15, -0.1) is 0 Å². The van der Waals surface area contributed by atoms with Gasteiger partial charge in [0.1, 0.15) is 0 Å². The third-order valence-electron chi connectivity index (χ3n) is 7.08. The molecule has 0 radical (unpaired) electrons. The first-order chi connectivity index (χ1) is 16.2. The molecule has 1 unspecified atom stereocenters. The lowest BCUT2D eigenvalue weighted by molar-refractivity contribution is 0.00578. The van der Waals surface area contributed by atoms with Crippen LogP contribution >= 0.6 is 11.6 Å². The fourth-order valence-corrected chi connectivity index (χ4v) is 4.75. The molecule has 3 aromatic rings. The summed E-state index contributed by atoms with van der Waals surface area (Å²) in [5, 5.41) is 0.758. The van der Waals surface area contributed by atoms with Gasteiger partial charge in [0.2, 0.25) is 0 Å². The van der Waals surface area contributed by atoms with Gasteiger partial charge in [0.05, 0.1) is 11.2 Å². The SMILES string of the molecule is CC1(C)OB(CC(CN(Cc2ccccc2)Cc2ccccc2)c2cccc(Cl)c2)OC1(C)C. The average molecular weight is 476 g/mol. The fraction of sp³-hybridized carbons (Fsp3) is 0.379. The van der Waals surface area contributed by atoms with Crippen LogP contribution in [0.1, 0.15) is 50.3 Å². The molecule has 0 aliphatic carbocycles. The molecule has 178 valence electrons. The van der Waals surface area contributed by atoms with Crippen LogP contribution in [-0.4, -0.2) is 29.8 Å². The first kappa shape index (κ1) is 25.0. The molecule has 0 aromatic heterocycles. The van der Waals surface area contributed by atoms with Crippen LogP contribution in [0.25, 0.3) is 0 Å². The summed E-state index contributed by atoms with van der Waals surface area (Å²) >= 11 is 6.42. The summed E-state index contributed by atoms with van der Waals surface area (Å²) in [4.78, 5) is 2.52. The van der Waals surface area contributed by atoms with Crippen molar-refractivity contribution >= 4 is 18.7 Å². The standard InChI is InChI=1S/C29H35BClNO2/c1-28(2)29(3,4)34-30(33-28)19-26(25-16-11-17-27(31)18-25)22-32(20-23-12-7-5-8-13-23)21-24-14-9-6-10-15-24/h5-18,26H,19-22H2,1-4H3. The molecule has 1 atom stereocenters. The van der Waals surface area contributed by atoms with E-state index < -0.39 is 0 Å². The van der Waals surface area contributed by atoms with Crippen molar-refractivity contribution in [3.63, 3.8) is 0 Å². The molecule has 1 aliphatic heterocycles. The molecule has 1 heterocycles. The maximum Gasteiger partial charge on any atom is 0.458 e. The number of rotatable bonds is 9. The Morgan fingerprint density at radius 2 is 1.29 bits per heavy atom. The Balaban J connectivity index is 1.60. The molecule has 1 saturated heterocycles. The van der Waals surface area contributed by atoms with Crippen molar-refractivity contribution in [1.82, 2.24) is 4.90 Å². The summed E-state index contributed by atoms with van der Waals surface area (Å²) in [5.41, 5.74) is 3.14. The lowest BCUT2D eigenvalue weighted by Gasteiger charge is -2.32. The predicted molar refractivity (Wildman–Crippen MR) is 142 cm³/mol. The largest absolute Gasteiger partial charge is 0.458 e. The van der Waals surface area contributed by atoms with Crippen molar-refractivity contribution < 1.29 is 9.31 Å². The summed E-state index contributed by atoms with van der Waals surface area (Å²) in [6.45, 7) is 11.1. The maximum atomic E-state index is 6.42. The highest BCUT2D eigenvalue weighted by Crippen LogP contribution is 2.40. The second-order valence-electron chi connectivity index (χ2n) is 10.3. The van der Waals surface area contributed by atoms with Crippen molar-refractivity contribution in [2.24, 2.45) is 0 Å². The monoisotopic (exact) mass is 475 g/mol. The van der Waals surface area contributed by atoms with Crippen LogP contribution in [-0.2, 0) is 22.4 Å². The second kappa shape index (κ2) is 10.7. The topological polar surface area (TPSA) is 21.7 Å². The Morgan fingerprint density at radius 1 is 0.765 bits per heavy atom. The van der Waals surface area contributed by atoms with Crippen molar-refractivity contribution in [2.75, 3.05) is 6.54 Å². The number of benzene rings is 3. The minimum atomic E-state index is -0.343. The van der Waals surface area contributed by atoms with Crippen LogP contribution < -0.4 is 0 Å². The lowest BCUT2D eigenvalue weighted by atomic mass is 9.74. The second-order valence-corrected chi connectivity index (χ2v) is 10.8. The maximum absolute atomic E-state index is 6.42. The third-order valence-corrected chi connectivity index (χ3v) is 7.31. The average Bonchev–Trinajstić information content (AvgIpc) is 3.00. The molecule has 1 aliphatic rings. The third kappa shape index (κ3) is 6.31. The minimum Gasteiger partial charge on any atom is -0.403 e. The molecular weight excluding hydrogens is 441 g/mol. The molecule has 0 bridgehead atoms. The molecule has 0 amide bonds. The van der Waals surface area contributed by atoms with Crippen molar-refractivity contribution in [2.45, 2.75) is 64.2 Å². The minimum absolute atomic E-state index is 0.209. The summed E-state index contributed by atoms with van der Waals surface area (Å²) in [6, 6.07) is 29.6. The van der Waals surface area contributed by atoms with Gasteiger partial charge >= 0.3 is 7.12 Å². The number of hydrogen-bond acceptors (Lipinski definition) is 3. The van der Waals surface area contributed by atoms with Gasteiger partial charge < -0.3 is 9.31 Å². The summed E-state index contributed by atoms with van der Waals surface area (Å²) in [7, 11) is -0.260. The van der Waals surface area contributed by atoms with Gasteiger partial charge in [-0.2, -0.15) is 0 Å². The van der Waals surface area contributed by atoms with Crippen molar-refractivity contribution in [3.05, 3.63) is 107 Å². The summed E-state index contributed by atoms with van der Waals surface area (Å²) in [6.07, 6.45) is 0.771. The first-order valence-electron chi connectivity index (χ1n) is 12.1. The molecule has 0 N–H and O–H groups in total. The van der Waals surface area contributed by atoms with E-state index in [0.29, 0.717) is 0 Å². The van der Waals surface area contributed by atoms with E-state index in [1.807, 2.05) is 12.1 Å². The van der Waals surface area contributed by atoms with Gasteiger partial charge in [-0.05, 0) is 68.8 Å². The Morgan fingerprint density at radius 3 is 1.79 bits per heavy atom. The molecular formula is C29H35BClNO2. The highest BCUT2D eigenvalue weighted by molar-refractivity contribution is 6.45. The van der Waals surface area contributed by atoms with E-state index >= 15 is 0 Å². The summed E-state index contributed by atoms with van der Waals surface area (Å²) in [5.74, 6) is 0.209. The zero-order valence-electron chi connectivity index (χ0n) is 20.7. The van der Waals surface area contributed by atoms with E-state index in [1.165, 1.54) is 16.7 Å². The zero-order chi connectivity index (χ0) is 24.2. The molecule has 5 heteroatoms. The molecule has 4 rings (SSSR count). The first-order valence-corrected chi connectivity index (χ1v) is 12.5. The molecule has 0 spiro atoms. The Kier molecular flexibility index (Phi) is 7.84. The zero-order valence-corrected chi connectivity index (χ0v) is 21.5. The number of hydrogen-bond donors (Lipinski definition) is 0. The van der Waals surface area contributed by atoms with Crippen LogP contribution in [0.2, 0.25) is 11.3 Å². The number of nitrogens with zero attached hydrogens (tertiary/aromatic N) is 1. The molecule has 3 aromatic carbocycles. The van der Waals surface area contributed by atoms with Gasteiger partial charge in [0.15, 0.2) is 0 Å². The smallest absolute Gasteiger partial charge is 0.403 e. The summed E-state index contributed by atoms with van der Waals surface area (Å²) < 4.78 is 12.8. The van der Waals surface area contributed by atoms with Gasteiger partial charge in [-0.3, -0.25) is 4.90 Å². The van der Waals surface area contributed by atoms with Crippen LogP contribution in [0, 0.1) is 0 Å². The highest BCUT2D eigenvalue weighted by Gasteiger charge is 2.51. The lowest BCUT2D eigenvalue weighted by Crippen LogP contribution is -2.41. The number of halogens is 1. The van der Waals surface area contributed by atoms with Crippen LogP contribution in [0.4, 0.5) is 0 Å². The Labute approximate surface area is 210 Å². The Bertz CT molecular complexity index is 1000. The van der Waals surface area contributed by atoms with Crippen LogP contribution in [0.5, 0.6) is 0 Å². The van der Waals surface area contributed by atoms with Gasteiger partial charge in [0.25, 0.3) is 0 Å². The quantitative estimate of drug-likeness (QED) is 0.305. The van der Waals surface area contributed by atoms with E-state index in [0.717, 1.165) is 31.0 Å². The molecule has 34 heavy (non-hydrogen) atoms. The molecule has 3 nitrogen and oxygen atoms in total. The van der Waals surface area contributed by atoms with E-state index in [-0.39, 0.29) is 24.2 Å². The van der Waals surface area contributed by atoms with Crippen LogP contribution in [0.15, 0.2) is 84.9 Å². The normalized spacial score (nSPS) is 17.8. The van der Waals surface area contributed by atoms with Gasteiger partial charge in [-0.1, -0.05) is 84.4 Å². The predicted octanol–water partition coefficient (Wildman–Crippen LogP) is 7.22. The molecule has 1 fully saturated rings. The van der Waals surface area contributed by atoms with E-state index in [4.69, 9.17) is 20.9 Å².